The Labute approximate surface area is 199 Å². The van der Waals surface area contributed by atoms with Crippen LogP contribution in [0.5, 0.6) is 0 Å². The molecule has 0 aliphatic carbocycles. The first-order valence-electron chi connectivity index (χ1n) is 10.3. The summed E-state index contributed by atoms with van der Waals surface area (Å²) in [5, 5.41) is 12.7. The number of nitrogens with zero attached hydrogens (tertiary/aromatic N) is 2. The van der Waals surface area contributed by atoms with Crippen molar-refractivity contribution in [2.45, 2.75) is 67.7 Å². The quantitative estimate of drug-likeness (QED) is 0.222. The second-order valence-corrected chi connectivity index (χ2v) is 12.5. The van der Waals surface area contributed by atoms with Crippen LogP contribution in [0.3, 0.4) is 0 Å². The average Bonchev–Trinajstić information content (AvgIpc) is 2.91. The highest BCUT2D eigenvalue weighted by atomic mass is 35.5. The topological polar surface area (TPSA) is 37.5 Å². The number of aliphatic imine (C=N–C) groups is 1. The Morgan fingerprint density at radius 2 is 1.74 bits per heavy atom. The molecular formula is C25H31ClN2OS2. The molecule has 166 valence electrons. The molecule has 0 atom stereocenters. The molecule has 1 aromatic heterocycles. The normalized spacial score (nSPS) is 12.9. The summed E-state index contributed by atoms with van der Waals surface area (Å²) in [7, 11) is 1.79. The Hall–Kier alpha value is -1.40. The van der Waals surface area contributed by atoms with Crippen molar-refractivity contribution < 1.29 is 5.11 Å². The third kappa shape index (κ3) is 6.55. The standard InChI is InChI=1S/C25H31ClN2OS2/c1-24(2,3)31-23-20-13-19(30-16-27-6)11-12-21(20)28(22(23)14-25(4,5)29)15-17-7-9-18(26)10-8-17/h7-13,16,29H,14-15H2,1-6H3. The second-order valence-electron chi connectivity index (χ2n) is 9.35. The molecule has 0 saturated heterocycles. The van der Waals surface area contributed by atoms with Crippen LogP contribution in [0, 0.1) is 0 Å². The zero-order chi connectivity index (χ0) is 22.8. The highest BCUT2D eigenvalue weighted by Gasteiger charge is 2.27. The number of hydrogen-bond donors (Lipinski definition) is 1. The van der Waals surface area contributed by atoms with Gasteiger partial charge in [0.15, 0.2) is 0 Å². The fourth-order valence-corrected chi connectivity index (χ4v) is 5.37. The SMILES string of the molecule is CN=CSc1ccc2c(c1)c(SC(C)(C)C)c(CC(C)(C)O)n2Cc1ccc(Cl)cc1. The van der Waals surface area contributed by atoms with Crippen LogP contribution in [0.15, 0.2) is 57.2 Å². The Morgan fingerprint density at radius 1 is 1.06 bits per heavy atom. The molecule has 0 fully saturated rings. The second kappa shape index (κ2) is 9.62. The van der Waals surface area contributed by atoms with Crippen molar-refractivity contribution in [2.24, 2.45) is 4.99 Å². The first-order chi connectivity index (χ1) is 14.5. The van der Waals surface area contributed by atoms with Crippen LogP contribution in [0.25, 0.3) is 10.9 Å². The maximum atomic E-state index is 10.8. The van der Waals surface area contributed by atoms with Crippen LogP contribution in [0.4, 0.5) is 0 Å². The molecule has 3 aromatic rings. The molecule has 1 N–H and O–H groups in total. The summed E-state index contributed by atoms with van der Waals surface area (Å²) in [6.07, 6.45) is 0.576. The molecule has 0 saturated carbocycles. The lowest BCUT2D eigenvalue weighted by Gasteiger charge is -2.23. The zero-order valence-electron chi connectivity index (χ0n) is 19.1. The molecule has 3 nitrogen and oxygen atoms in total. The Morgan fingerprint density at radius 3 is 2.32 bits per heavy atom. The van der Waals surface area contributed by atoms with Crippen molar-refractivity contribution in [3.8, 4) is 0 Å². The fraction of sp³-hybridized carbons (Fsp3) is 0.400. The highest BCUT2D eigenvalue weighted by Crippen LogP contribution is 2.43. The van der Waals surface area contributed by atoms with E-state index in [1.807, 2.05) is 43.3 Å². The van der Waals surface area contributed by atoms with Crippen LogP contribution < -0.4 is 0 Å². The molecule has 1 heterocycles. The zero-order valence-corrected chi connectivity index (χ0v) is 21.5. The number of aromatic nitrogens is 1. The van der Waals surface area contributed by atoms with Crippen molar-refractivity contribution in [1.29, 1.82) is 0 Å². The summed E-state index contributed by atoms with van der Waals surface area (Å²) in [6.45, 7) is 11.2. The summed E-state index contributed by atoms with van der Waals surface area (Å²) in [4.78, 5) is 6.52. The summed E-state index contributed by atoms with van der Waals surface area (Å²) < 4.78 is 2.40. The van der Waals surface area contributed by atoms with Crippen LogP contribution in [0.1, 0.15) is 45.9 Å². The fourth-order valence-electron chi connectivity index (χ4n) is 3.50. The molecule has 2 aromatic carbocycles. The maximum absolute atomic E-state index is 10.8. The largest absolute Gasteiger partial charge is 0.390 e. The summed E-state index contributed by atoms with van der Waals surface area (Å²) in [6, 6.07) is 14.6. The lowest BCUT2D eigenvalue weighted by Crippen LogP contribution is -2.24. The lowest BCUT2D eigenvalue weighted by molar-refractivity contribution is 0.0785. The Bertz CT molecular complexity index is 1070. The number of benzene rings is 2. The smallest absolute Gasteiger partial charge is 0.0646 e. The molecule has 0 aliphatic heterocycles. The van der Waals surface area contributed by atoms with Gasteiger partial charge >= 0.3 is 0 Å². The Kier molecular flexibility index (Phi) is 7.52. The number of halogens is 1. The van der Waals surface area contributed by atoms with Crippen LogP contribution in [-0.4, -0.2) is 32.6 Å². The molecule has 0 spiro atoms. The van der Waals surface area contributed by atoms with Gasteiger partial charge in [-0.1, -0.05) is 56.3 Å². The average molecular weight is 475 g/mol. The number of hydrogen-bond acceptors (Lipinski definition) is 4. The number of rotatable bonds is 7. The molecule has 0 aliphatic rings. The van der Waals surface area contributed by atoms with Crippen LogP contribution >= 0.6 is 35.1 Å². The first-order valence-corrected chi connectivity index (χ1v) is 12.4. The van der Waals surface area contributed by atoms with Gasteiger partial charge in [-0.05, 0) is 49.7 Å². The Balaban J connectivity index is 2.24. The molecule has 0 bridgehead atoms. The van der Waals surface area contributed by atoms with Crippen molar-refractivity contribution in [3.05, 3.63) is 58.7 Å². The predicted molar refractivity (Wildman–Crippen MR) is 138 cm³/mol. The molecule has 0 radical (unpaired) electrons. The molecule has 0 amide bonds. The van der Waals surface area contributed by atoms with Gasteiger partial charge in [0.05, 0.1) is 11.1 Å². The van der Waals surface area contributed by atoms with Crippen molar-refractivity contribution >= 4 is 51.6 Å². The van der Waals surface area contributed by atoms with E-state index in [9.17, 15) is 5.11 Å². The van der Waals surface area contributed by atoms with Crippen LogP contribution in [0.2, 0.25) is 5.02 Å². The van der Waals surface area contributed by atoms with E-state index in [1.54, 1.807) is 18.8 Å². The van der Waals surface area contributed by atoms with E-state index in [1.165, 1.54) is 27.1 Å². The van der Waals surface area contributed by atoms with Crippen molar-refractivity contribution in [2.75, 3.05) is 7.05 Å². The van der Waals surface area contributed by atoms with Gasteiger partial charge in [-0.25, -0.2) is 0 Å². The summed E-state index contributed by atoms with van der Waals surface area (Å²) >= 11 is 9.60. The molecule has 0 unspecified atom stereocenters. The van der Waals surface area contributed by atoms with Gasteiger partial charge in [-0.15, -0.1) is 11.8 Å². The first kappa shape index (κ1) is 24.2. The van der Waals surface area contributed by atoms with Gasteiger partial charge in [0.25, 0.3) is 0 Å². The van der Waals surface area contributed by atoms with Gasteiger partial charge in [-0.2, -0.15) is 0 Å². The molecule has 3 rings (SSSR count). The minimum absolute atomic E-state index is 0.0434. The number of thioether (sulfide) groups is 2. The van der Waals surface area contributed by atoms with E-state index in [0.717, 1.165) is 16.5 Å². The molecule has 6 heteroatoms. The van der Waals surface area contributed by atoms with E-state index < -0.39 is 5.60 Å². The minimum Gasteiger partial charge on any atom is -0.390 e. The van der Waals surface area contributed by atoms with E-state index in [2.05, 4.69) is 60.7 Å². The monoisotopic (exact) mass is 474 g/mol. The van der Waals surface area contributed by atoms with Gasteiger partial charge < -0.3 is 9.67 Å². The van der Waals surface area contributed by atoms with Gasteiger partial charge in [0.1, 0.15) is 0 Å². The summed E-state index contributed by atoms with van der Waals surface area (Å²) in [5.41, 5.74) is 4.58. The number of fused-ring (bicyclic) bond motifs is 1. The predicted octanol–water partition coefficient (Wildman–Crippen LogP) is 7.30. The highest BCUT2D eigenvalue weighted by molar-refractivity contribution is 8.12. The van der Waals surface area contributed by atoms with Crippen LogP contribution in [-0.2, 0) is 13.0 Å². The molecular weight excluding hydrogens is 444 g/mol. The van der Waals surface area contributed by atoms with Gasteiger partial charge in [0.2, 0.25) is 0 Å². The van der Waals surface area contributed by atoms with E-state index in [4.69, 9.17) is 11.6 Å². The minimum atomic E-state index is -0.814. The van der Waals surface area contributed by atoms with Gasteiger partial charge in [0, 0.05) is 56.2 Å². The van der Waals surface area contributed by atoms with E-state index >= 15 is 0 Å². The van der Waals surface area contributed by atoms with Crippen molar-refractivity contribution in [3.63, 3.8) is 0 Å². The van der Waals surface area contributed by atoms with E-state index in [0.29, 0.717) is 6.42 Å². The maximum Gasteiger partial charge on any atom is 0.0646 e. The lowest BCUT2D eigenvalue weighted by atomic mass is 10.0. The third-order valence-electron chi connectivity index (χ3n) is 4.65. The third-order valence-corrected chi connectivity index (χ3v) is 7.01. The van der Waals surface area contributed by atoms with Crippen molar-refractivity contribution in [1.82, 2.24) is 4.57 Å². The summed E-state index contributed by atoms with van der Waals surface area (Å²) in [5.74, 6) is 0. The van der Waals surface area contributed by atoms with Gasteiger partial charge in [-0.3, -0.25) is 4.99 Å². The molecule has 31 heavy (non-hydrogen) atoms. The van der Waals surface area contributed by atoms with E-state index in [-0.39, 0.29) is 4.75 Å². The number of aliphatic hydroxyl groups is 1.